The van der Waals surface area contributed by atoms with E-state index in [1.165, 1.54) is 5.92 Å². The Kier molecular flexibility index (Phi) is 4.28. The topological polar surface area (TPSA) is 46.6 Å². The molecule has 1 aromatic rings. The van der Waals surface area contributed by atoms with Crippen LogP contribution in [0.25, 0.3) is 0 Å². The predicted molar refractivity (Wildman–Crippen MR) is 74.3 cm³/mol. The second-order valence-corrected chi connectivity index (χ2v) is 6.96. The van der Waals surface area contributed by atoms with Gasteiger partial charge in [0, 0.05) is 19.6 Å². The van der Waals surface area contributed by atoms with Crippen molar-refractivity contribution in [3.8, 4) is 0 Å². The third-order valence-corrected chi connectivity index (χ3v) is 4.41. The molecule has 0 unspecified atom stereocenters. The van der Waals surface area contributed by atoms with Crippen molar-refractivity contribution in [3.05, 3.63) is 35.7 Å². The minimum absolute atomic E-state index is 0.217. The molecular weight excluding hydrogens is 262 g/mol. The summed E-state index contributed by atoms with van der Waals surface area (Å²) in [5.41, 5.74) is 1.03. The van der Waals surface area contributed by atoms with Gasteiger partial charge in [-0.25, -0.2) is 0 Å². The molecule has 0 amide bonds. The Morgan fingerprint density at radius 2 is 1.84 bits per heavy atom. The van der Waals surface area contributed by atoms with E-state index in [0.717, 1.165) is 12.1 Å². The average molecular weight is 282 g/mol. The molecular formula is C14H20NO3S. The number of aryl methyl sites for hydroxylation is 1. The number of rotatable bonds is 5. The fraction of sp³-hybridized carbons (Fsp3) is 0.500. The first-order chi connectivity index (χ1) is 8.87. The van der Waals surface area contributed by atoms with E-state index >= 15 is 0 Å². The summed E-state index contributed by atoms with van der Waals surface area (Å²) in [6.07, 6.45) is -0.217. The van der Waals surface area contributed by atoms with Gasteiger partial charge in [-0.15, -0.1) is 0 Å². The lowest BCUT2D eigenvalue weighted by atomic mass is 10.1. The summed E-state index contributed by atoms with van der Waals surface area (Å²) >= 11 is 0. The van der Waals surface area contributed by atoms with Gasteiger partial charge in [-0.2, -0.15) is 8.42 Å². The van der Waals surface area contributed by atoms with Crippen LogP contribution in [0.3, 0.4) is 0 Å². The first-order valence-corrected chi connectivity index (χ1v) is 7.79. The van der Waals surface area contributed by atoms with Crippen molar-refractivity contribution in [2.24, 2.45) is 0 Å². The lowest BCUT2D eigenvalue weighted by Gasteiger charge is -2.39. The van der Waals surface area contributed by atoms with Gasteiger partial charge in [-0.3, -0.25) is 9.08 Å². The van der Waals surface area contributed by atoms with E-state index in [4.69, 9.17) is 4.18 Å². The van der Waals surface area contributed by atoms with Gasteiger partial charge in [0.05, 0.1) is 4.90 Å². The molecule has 105 valence electrons. The Morgan fingerprint density at radius 1 is 1.26 bits per heavy atom. The van der Waals surface area contributed by atoms with Gasteiger partial charge in [-0.1, -0.05) is 31.5 Å². The van der Waals surface area contributed by atoms with Crippen molar-refractivity contribution in [3.63, 3.8) is 0 Å². The standard InChI is InChI=1S/C14H20NO3S/c1-11(2)8-15-9-13(10-15)18-19(16,17)14-6-4-12(3)5-7-14/h4-7,13H,8-10H2,1-3H3. The first kappa shape index (κ1) is 14.5. The van der Waals surface area contributed by atoms with E-state index in [1.807, 2.05) is 6.92 Å². The summed E-state index contributed by atoms with van der Waals surface area (Å²) in [4.78, 5) is 2.40. The van der Waals surface area contributed by atoms with Crippen molar-refractivity contribution in [2.75, 3.05) is 19.6 Å². The zero-order chi connectivity index (χ0) is 14.0. The molecule has 1 saturated heterocycles. The third kappa shape index (κ3) is 3.78. The summed E-state index contributed by atoms with van der Waals surface area (Å²) in [5.74, 6) is 1.32. The maximum absolute atomic E-state index is 12.0. The molecule has 0 bridgehead atoms. The quantitative estimate of drug-likeness (QED) is 0.775. The molecule has 0 saturated carbocycles. The highest BCUT2D eigenvalue weighted by molar-refractivity contribution is 7.86. The minimum Gasteiger partial charge on any atom is -0.297 e. The van der Waals surface area contributed by atoms with Crippen molar-refractivity contribution in [1.82, 2.24) is 4.90 Å². The van der Waals surface area contributed by atoms with E-state index in [1.54, 1.807) is 24.3 Å². The molecule has 1 radical (unpaired) electrons. The second kappa shape index (κ2) is 5.61. The normalized spacial score (nSPS) is 17.7. The fourth-order valence-corrected chi connectivity index (χ4v) is 3.16. The molecule has 0 spiro atoms. The van der Waals surface area contributed by atoms with Crippen LogP contribution in [0.4, 0.5) is 0 Å². The highest BCUT2D eigenvalue weighted by Crippen LogP contribution is 2.20. The summed E-state index contributed by atoms with van der Waals surface area (Å²) < 4.78 is 29.3. The van der Waals surface area contributed by atoms with Crippen LogP contribution in [-0.2, 0) is 14.3 Å². The Balaban J connectivity index is 1.91. The SMILES string of the molecule is C[C](C)CN1CC(OS(=O)(=O)c2ccc(C)cc2)C1. The molecule has 2 rings (SSSR count). The molecule has 1 heterocycles. The Hall–Kier alpha value is -0.910. The lowest BCUT2D eigenvalue weighted by Crippen LogP contribution is -2.53. The summed E-state index contributed by atoms with van der Waals surface area (Å²) in [7, 11) is -3.62. The van der Waals surface area contributed by atoms with Crippen molar-refractivity contribution in [1.29, 1.82) is 0 Å². The van der Waals surface area contributed by atoms with Crippen LogP contribution in [0.2, 0.25) is 0 Å². The molecule has 5 heteroatoms. The van der Waals surface area contributed by atoms with Crippen LogP contribution in [0.15, 0.2) is 29.2 Å². The third-order valence-electron chi connectivity index (χ3n) is 3.04. The molecule has 1 aliphatic heterocycles. The van der Waals surface area contributed by atoms with Crippen LogP contribution >= 0.6 is 0 Å². The zero-order valence-corrected chi connectivity index (χ0v) is 12.4. The van der Waals surface area contributed by atoms with E-state index in [-0.39, 0.29) is 11.0 Å². The number of benzene rings is 1. The number of nitrogens with zero attached hydrogens (tertiary/aromatic N) is 1. The monoisotopic (exact) mass is 282 g/mol. The number of hydrogen-bond acceptors (Lipinski definition) is 4. The van der Waals surface area contributed by atoms with Gasteiger partial charge in [0.1, 0.15) is 6.10 Å². The molecule has 0 aliphatic carbocycles. The summed E-state index contributed by atoms with van der Waals surface area (Å²) in [5, 5.41) is 0. The average Bonchev–Trinajstić information content (AvgIpc) is 2.26. The molecule has 0 N–H and O–H groups in total. The second-order valence-electron chi connectivity index (χ2n) is 5.39. The predicted octanol–water partition coefficient (Wildman–Crippen LogP) is 2.00. The Bertz CT molecular complexity index is 516. The molecule has 4 nitrogen and oxygen atoms in total. The van der Waals surface area contributed by atoms with Gasteiger partial charge in [0.2, 0.25) is 0 Å². The van der Waals surface area contributed by atoms with Gasteiger partial charge in [0.15, 0.2) is 0 Å². The molecule has 1 aliphatic rings. The molecule has 0 atom stereocenters. The van der Waals surface area contributed by atoms with Crippen LogP contribution < -0.4 is 0 Å². The van der Waals surface area contributed by atoms with E-state index in [0.29, 0.717) is 13.1 Å². The lowest BCUT2D eigenvalue weighted by molar-refractivity contribution is 0.0279. The summed E-state index contributed by atoms with van der Waals surface area (Å²) in [6, 6.07) is 6.73. The minimum atomic E-state index is -3.62. The van der Waals surface area contributed by atoms with Crippen molar-refractivity contribution < 1.29 is 12.6 Å². The van der Waals surface area contributed by atoms with Gasteiger partial charge < -0.3 is 0 Å². The smallest absolute Gasteiger partial charge is 0.297 e. The maximum atomic E-state index is 12.0. The Morgan fingerprint density at radius 3 is 2.37 bits per heavy atom. The van der Waals surface area contributed by atoms with Crippen molar-refractivity contribution in [2.45, 2.75) is 31.8 Å². The molecule has 19 heavy (non-hydrogen) atoms. The van der Waals surface area contributed by atoms with Crippen LogP contribution in [0, 0.1) is 12.8 Å². The van der Waals surface area contributed by atoms with Gasteiger partial charge in [0.25, 0.3) is 10.1 Å². The van der Waals surface area contributed by atoms with Crippen molar-refractivity contribution >= 4 is 10.1 Å². The zero-order valence-electron chi connectivity index (χ0n) is 11.6. The number of hydrogen-bond donors (Lipinski definition) is 0. The van der Waals surface area contributed by atoms with Crippen LogP contribution in [0.5, 0.6) is 0 Å². The molecule has 0 aromatic heterocycles. The molecule has 1 fully saturated rings. The van der Waals surface area contributed by atoms with E-state index in [9.17, 15) is 8.42 Å². The van der Waals surface area contributed by atoms with Crippen LogP contribution in [-0.4, -0.2) is 39.1 Å². The van der Waals surface area contributed by atoms with Crippen LogP contribution in [0.1, 0.15) is 19.4 Å². The maximum Gasteiger partial charge on any atom is 0.297 e. The molecule has 1 aromatic carbocycles. The number of likely N-dealkylation sites (tertiary alicyclic amines) is 1. The van der Waals surface area contributed by atoms with E-state index < -0.39 is 10.1 Å². The first-order valence-electron chi connectivity index (χ1n) is 6.38. The summed E-state index contributed by atoms with van der Waals surface area (Å²) in [6.45, 7) is 8.32. The highest BCUT2D eigenvalue weighted by atomic mass is 32.2. The largest absolute Gasteiger partial charge is 0.297 e. The Labute approximate surface area is 115 Å². The van der Waals surface area contributed by atoms with Gasteiger partial charge >= 0.3 is 0 Å². The highest BCUT2D eigenvalue weighted by Gasteiger charge is 2.32. The van der Waals surface area contributed by atoms with E-state index in [2.05, 4.69) is 18.7 Å². The fourth-order valence-electron chi connectivity index (χ4n) is 2.10. The van der Waals surface area contributed by atoms with Gasteiger partial charge in [-0.05, 0) is 25.0 Å².